The van der Waals surface area contributed by atoms with Gasteiger partial charge in [-0.2, -0.15) is 11.8 Å². The highest BCUT2D eigenvalue weighted by Gasteiger charge is 2.21. The molecule has 1 aromatic carbocycles. The van der Waals surface area contributed by atoms with Crippen molar-refractivity contribution >= 4 is 11.8 Å². The van der Waals surface area contributed by atoms with Crippen molar-refractivity contribution in [2.75, 3.05) is 19.9 Å². The number of ether oxygens (including phenoxy) is 1. The van der Waals surface area contributed by atoms with Crippen LogP contribution >= 0.6 is 11.8 Å². The molecule has 0 aliphatic carbocycles. The van der Waals surface area contributed by atoms with Crippen molar-refractivity contribution in [1.29, 1.82) is 0 Å². The standard InChI is InChI=1S/C11H15NOS/c1-12-10-7-14-6-9-8(10)4-3-5-11(9)13-2/h3-5,10,12H,6-7H2,1-2H3. The first-order chi connectivity index (χ1) is 6.86. The van der Waals surface area contributed by atoms with Gasteiger partial charge in [0.05, 0.1) is 7.11 Å². The number of thioether (sulfide) groups is 1. The van der Waals surface area contributed by atoms with Gasteiger partial charge in [-0.3, -0.25) is 0 Å². The number of fused-ring (bicyclic) bond motifs is 1. The van der Waals surface area contributed by atoms with E-state index >= 15 is 0 Å². The molecule has 0 amide bonds. The number of benzene rings is 1. The maximum absolute atomic E-state index is 5.36. The Labute approximate surface area is 89.0 Å². The molecule has 0 bridgehead atoms. The molecule has 2 rings (SSSR count). The molecule has 76 valence electrons. The number of rotatable bonds is 2. The highest BCUT2D eigenvalue weighted by Crippen LogP contribution is 2.36. The van der Waals surface area contributed by atoms with Gasteiger partial charge in [0.2, 0.25) is 0 Å². The number of nitrogens with one attached hydrogen (secondary N) is 1. The van der Waals surface area contributed by atoms with E-state index in [0.29, 0.717) is 6.04 Å². The molecule has 0 fully saturated rings. The van der Waals surface area contributed by atoms with E-state index in [1.54, 1.807) is 7.11 Å². The zero-order valence-corrected chi connectivity index (χ0v) is 9.36. The Morgan fingerprint density at radius 2 is 2.36 bits per heavy atom. The van der Waals surface area contributed by atoms with Crippen molar-refractivity contribution < 1.29 is 4.74 Å². The van der Waals surface area contributed by atoms with E-state index in [1.165, 1.54) is 11.1 Å². The lowest BCUT2D eigenvalue weighted by atomic mass is 10.0. The average molecular weight is 209 g/mol. The van der Waals surface area contributed by atoms with Gasteiger partial charge in [-0.05, 0) is 18.7 Å². The summed E-state index contributed by atoms with van der Waals surface area (Å²) in [7, 11) is 3.75. The highest BCUT2D eigenvalue weighted by atomic mass is 32.2. The molecular weight excluding hydrogens is 194 g/mol. The zero-order chi connectivity index (χ0) is 9.97. The van der Waals surface area contributed by atoms with Gasteiger partial charge in [-0.1, -0.05) is 12.1 Å². The van der Waals surface area contributed by atoms with E-state index in [0.717, 1.165) is 17.3 Å². The van der Waals surface area contributed by atoms with E-state index in [1.807, 2.05) is 24.9 Å². The second-order valence-electron chi connectivity index (χ2n) is 3.38. The molecule has 1 aliphatic heterocycles. The molecule has 0 saturated heterocycles. The van der Waals surface area contributed by atoms with Gasteiger partial charge in [-0.25, -0.2) is 0 Å². The molecule has 1 aromatic rings. The van der Waals surface area contributed by atoms with Gasteiger partial charge in [0.25, 0.3) is 0 Å². The molecule has 1 atom stereocenters. The maximum atomic E-state index is 5.36. The summed E-state index contributed by atoms with van der Waals surface area (Å²) in [4.78, 5) is 0. The molecule has 1 N–H and O–H groups in total. The van der Waals surface area contributed by atoms with E-state index in [2.05, 4.69) is 17.4 Å². The number of methoxy groups -OCH3 is 1. The first kappa shape index (κ1) is 9.87. The van der Waals surface area contributed by atoms with Crippen LogP contribution in [-0.2, 0) is 5.75 Å². The van der Waals surface area contributed by atoms with Crippen molar-refractivity contribution in [2.24, 2.45) is 0 Å². The topological polar surface area (TPSA) is 21.3 Å². The van der Waals surface area contributed by atoms with E-state index in [4.69, 9.17) is 4.74 Å². The van der Waals surface area contributed by atoms with Crippen LogP contribution in [0.1, 0.15) is 17.2 Å². The molecule has 1 unspecified atom stereocenters. The average Bonchev–Trinajstić information content (AvgIpc) is 2.27. The van der Waals surface area contributed by atoms with Gasteiger partial charge in [0.1, 0.15) is 5.75 Å². The predicted molar refractivity (Wildman–Crippen MR) is 61.0 cm³/mol. The minimum atomic E-state index is 0.471. The normalized spacial score (nSPS) is 20.3. The Bertz CT molecular complexity index is 327. The van der Waals surface area contributed by atoms with Crippen LogP contribution in [0.15, 0.2) is 18.2 Å². The van der Waals surface area contributed by atoms with Crippen LogP contribution in [-0.4, -0.2) is 19.9 Å². The van der Waals surface area contributed by atoms with Crippen molar-refractivity contribution in [2.45, 2.75) is 11.8 Å². The predicted octanol–water partition coefficient (Wildman–Crippen LogP) is 2.20. The van der Waals surface area contributed by atoms with E-state index < -0.39 is 0 Å². The minimum absolute atomic E-state index is 0.471. The summed E-state index contributed by atoms with van der Waals surface area (Å²) in [6.07, 6.45) is 0. The summed E-state index contributed by atoms with van der Waals surface area (Å²) in [5.41, 5.74) is 2.75. The SMILES string of the molecule is CNC1CSCc2c(OC)cccc21. The van der Waals surface area contributed by atoms with Crippen molar-refractivity contribution in [1.82, 2.24) is 5.32 Å². The number of hydrogen-bond acceptors (Lipinski definition) is 3. The lowest BCUT2D eigenvalue weighted by Crippen LogP contribution is -2.23. The second kappa shape index (κ2) is 4.24. The quantitative estimate of drug-likeness (QED) is 0.807. The van der Waals surface area contributed by atoms with Crippen LogP contribution in [0, 0.1) is 0 Å². The molecule has 0 spiro atoms. The first-order valence-corrected chi connectivity index (χ1v) is 5.93. The third kappa shape index (κ3) is 1.62. The third-order valence-corrected chi connectivity index (χ3v) is 3.71. The Hall–Kier alpha value is -0.670. The Balaban J connectivity index is 2.43. The van der Waals surface area contributed by atoms with Crippen LogP contribution in [0.25, 0.3) is 0 Å². The van der Waals surface area contributed by atoms with Gasteiger partial charge in [0, 0.05) is 23.1 Å². The van der Waals surface area contributed by atoms with Gasteiger partial charge >= 0.3 is 0 Å². The number of hydrogen-bond donors (Lipinski definition) is 1. The van der Waals surface area contributed by atoms with Crippen molar-refractivity contribution in [3.8, 4) is 5.75 Å². The lowest BCUT2D eigenvalue weighted by molar-refractivity contribution is 0.409. The first-order valence-electron chi connectivity index (χ1n) is 4.77. The summed E-state index contributed by atoms with van der Waals surface area (Å²) >= 11 is 1.96. The summed E-state index contributed by atoms with van der Waals surface area (Å²) in [6, 6.07) is 6.77. The summed E-state index contributed by atoms with van der Waals surface area (Å²) in [5.74, 6) is 3.24. The largest absolute Gasteiger partial charge is 0.496 e. The minimum Gasteiger partial charge on any atom is -0.496 e. The van der Waals surface area contributed by atoms with Crippen LogP contribution < -0.4 is 10.1 Å². The molecule has 0 saturated carbocycles. The van der Waals surface area contributed by atoms with Gasteiger partial charge in [0.15, 0.2) is 0 Å². The summed E-state index contributed by atoms with van der Waals surface area (Å²) in [5, 5.41) is 3.34. The molecule has 1 aliphatic rings. The molecule has 0 aromatic heterocycles. The molecule has 3 heteroatoms. The maximum Gasteiger partial charge on any atom is 0.123 e. The fourth-order valence-corrected chi connectivity index (χ4v) is 3.08. The fraction of sp³-hybridized carbons (Fsp3) is 0.455. The van der Waals surface area contributed by atoms with E-state index in [9.17, 15) is 0 Å². The fourth-order valence-electron chi connectivity index (χ4n) is 1.86. The Morgan fingerprint density at radius 3 is 3.07 bits per heavy atom. The van der Waals surface area contributed by atoms with Gasteiger partial charge < -0.3 is 10.1 Å². The molecule has 2 nitrogen and oxygen atoms in total. The van der Waals surface area contributed by atoms with E-state index in [-0.39, 0.29) is 0 Å². The smallest absolute Gasteiger partial charge is 0.123 e. The lowest BCUT2D eigenvalue weighted by Gasteiger charge is -2.26. The molecular formula is C11H15NOS. The summed E-state index contributed by atoms with van der Waals surface area (Å²) < 4.78 is 5.36. The third-order valence-electron chi connectivity index (χ3n) is 2.64. The van der Waals surface area contributed by atoms with Crippen molar-refractivity contribution in [3.05, 3.63) is 29.3 Å². The van der Waals surface area contributed by atoms with Crippen LogP contribution in [0.5, 0.6) is 5.75 Å². The second-order valence-corrected chi connectivity index (χ2v) is 4.41. The zero-order valence-electron chi connectivity index (χ0n) is 8.54. The Morgan fingerprint density at radius 1 is 1.50 bits per heavy atom. The highest BCUT2D eigenvalue weighted by molar-refractivity contribution is 7.98. The van der Waals surface area contributed by atoms with Crippen LogP contribution in [0.4, 0.5) is 0 Å². The molecule has 0 radical (unpaired) electrons. The van der Waals surface area contributed by atoms with Crippen molar-refractivity contribution in [3.63, 3.8) is 0 Å². The molecule has 14 heavy (non-hydrogen) atoms. The van der Waals surface area contributed by atoms with Crippen LogP contribution in [0.2, 0.25) is 0 Å². The van der Waals surface area contributed by atoms with Crippen LogP contribution in [0.3, 0.4) is 0 Å². The monoisotopic (exact) mass is 209 g/mol. The van der Waals surface area contributed by atoms with Gasteiger partial charge in [-0.15, -0.1) is 0 Å². The summed E-state index contributed by atoms with van der Waals surface area (Å²) in [6.45, 7) is 0. The molecule has 1 heterocycles. The Kier molecular flexibility index (Phi) is 2.99.